The fourth-order valence-corrected chi connectivity index (χ4v) is 4.90. The fourth-order valence-electron chi connectivity index (χ4n) is 4.90. The molecule has 1 fully saturated rings. The predicted octanol–water partition coefficient (Wildman–Crippen LogP) is 5.25. The minimum atomic E-state index is -0.884. The molecule has 0 aliphatic carbocycles. The van der Waals surface area contributed by atoms with Crippen LogP contribution in [0.3, 0.4) is 0 Å². The van der Waals surface area contributed by atoms with Crippen LogP contribution in [0.4, 0.5) is 5.69 Å². The zero-order valence-electron chi connectivity index (χ0n) is 22.9. The third kappa shape index (κ3) is 6.05. The topological polar surface area (TPSA) is 113 Å². The van der Waals surface area contributed by atoms with Crippen LogP contribution in [0.2, 0.25) is 0 Å². The summed E-state index contributed by atoms with van der Waals surface area (Å²) in [4.78, 5) is 40.9. The lowest BCUT2D eigenvalue weighted by Gasteiger charge is -2.28. The number of rotatable bonds is 11. The van der Waals surface area contributed by atoms with Crippen molar-refractivity contribution in [1.82, 2.24) is 9.80 Å². The number of ether oxygens (including phenoxy) is 1. The summed E-state index contributed by atoms with van der Waals surface area (Å²) >= 11 is 0. The van der Waals surface area contributed by atoms with Crippen molar-refractivity contribution in [2.24, 2.45) is 0 Å². The Morgan fingerprint density at radius 3 is 2.30 bits per heavy atom. The number of carbonyl (C=O) groups excluding carboxylic acids is 2. The van der Waals surface area contributed by atoms with Crippen molar-refractivity contribution < 1.29 is 24.4 Å². The number of hydrogen-bond donors (Lipinski definition) is 1. The van der Waals surface area contributed by atoms with Crippen LogP contribution in [0.5, 0.6) is 5.75 Å². The van der Waals surface area contributed by atoms with Gasteiger partial charge in [-0.2, -0.15) is 0 Å². The van der Waals surface area contributed by atoms with E-state index in [2.05, 4.69) is 4.90 Å². The van der Waals surface area contributed by atoms with Gasteiger partial charge in [-0.05, 0) is 67.0 Å². The summed E-state index contributed by atoms with van der Waals surface area (Å²) in [6.45, 7) is 8.56. The van der Waals surface area contributed by atoms with Crippen LogP contribution in [-0.2, 0) is 16.2 Å². The molecule has 40 heavy (non-hydrogen) atoms. The summed E-state index contributed by atoms with van der Waals surface area (Å²) in [5.74, 6) is -1.19. The molecular weight excluding hydrogens is 510 g/mol. The number of non-ortho nitro benzene ring substituents is 1. The van der Waals surface area contributed by atoms with E-state index < -0.39 is 22.7 Å². The molecule has 1 amide bonds. The maximum Gasteiger partial charge on any atom is 0.295 e. The molecule has 1 saturated heterocycles. The van der Waals surface area contributed by atoms with E-state index in [4.69, 9.17) is 4.74 Å². The average molecular weight is 544 g/mol. The zero-order chi connectivity index (χ0) is 28.8. The number of aryl methyl sites for hydroxylation is 1. The number of ketones is 1. The van der Waals surface area contributed by atoms with Gasteiger partial charge in [-0.3, -0.25) is 19.7 Å². The molecule has 0 spiro atoms. The molecule has 4 rings (SSSR count). The highest BCUT2D eigenvalue weighted by molar-refractivity contribution is 6.46. The first-order valence-corrected chi connectivity index (χ1v) is 13.3. The normalized spacial score (nSPS) is 16.5. The standard InChI is InChI=1S/C31H33N3O6/c1-4-32(5-2)17-18-33-28(23-11-13-24(14-12-23)34(38)39)27(30(36)31(33)37)29(35)26-16-15-25(19-21(26)3)40-20-22-9-7-6-8-10-22/h6-16,19,28,35H,4-5,17-18,20H2,1-3H3/t28-/m0/s1. The van der Waals surface area contributed by atoms with E-state index in [1.165, 1.54) is 29.2 Å². The molecule has 9 heteroatoms. The van der Waals surface area contributed by atoms with E-state index in [0.29, 0.717) is 35.6 Å². The maximum absolute atomic E-state index is 13.4. The molecule has 3 aromatic rings. The van der Waals surface area contributed by atoms with Gasteiger partial charge >= 0.3 is 0 Å². The van der Waals surface area contributed by atoms with E-state index in [1.54, 1.807) is 25.1 Å². The Labute approximate surface area is 233 Å². The summed E-state index contributed by atoms with van der Waals surface area (Å²) in [5.41, 5.74) is 2.44. The van der Waals surface area contributed by atoms with Crippen molar-refractivity contribution in [2.75, 3.05) is 26.2 Å². The zero-order valence-corrected chi connectivity index (χ0v) is 22.9. The van der Waals surface area contributed by atoms with Crippen molar-refractivity contribution in [3.05, 3.63) is 111 Å². The van der Waals surface area contributed by atoms with E-state index in [-0.39, 0.29) is 23.6 Å². The minimum Gasteiger partial charge on any atom is -0.507 e. The Morgan fingerprint density at radius 2 is 1.70 bits per heavy atom. The molecular formula is C31H33N3O6. The number of nitro groups is 1. The van der Waals surface area contributed by atoms with Crippen LogP contribution in [0.25, 0.3) is 5.76 Å². The molecule has 9 nitrogen and oxygen atoms in total. The predicted molar refractivity (Wildman–Crippen MR) is 152 cm³/mol. The maximum atomic E-state index is 13.4. The molecule has 1 aliphatic rings. The van der Waals surface area contributed by atoms with Gasteiger partial charge in [-0.25, -0.2) is 0 Å². The number of likely N-dealkylation sites (N-methyl/N-ethyl adjacent to an activating group) is 1. The lowest BCUT2D eigenvalue weighted by molar-refractivity contribution is -0.384. The van der Waals surface area contributed by atoms with Gasteiger partial charge in [0.25, 0.3) is 17.4 Å². The monoisotopic (exact) mass is 543 g/mol. The number of benzene rings is 3. The number of amides is 1. The largest absolute Gasteiger partial charge is 0.507 e. The van der Waals surface area contributed by atoms with E-state index >= 15 is 0 Å². The number of aliphatic hydroxyl groups is 1. The van der Waals surface area contributed by atoms with Crippen LogP contribution in [0, 0.1) is 17.0 Å². The number of Topliss-reactive ketones (excluding diaryl/α,β-unsaturated/α-hetero) is 1. The first-order valence-electron chi connectivity index (χ1n) is 13.3. The van der Waals surface area contributed by atoms with Gasteiger partial charge in [0.05, 0.1) is 16.5 Å². The molecule has 0 bridgehead atoms. The Kier molecular flexibility index (Phi) is 8.96. The van der Waals surface area contributed by atoms with Crippen molar-refractivity contribution in [3.63, 3.8) is 0 Å². The van der Waals surface area contributed by atoms with Gasteiger partial charge in [0.2, 0.25) is 0 Å². The number of nitrogens with zero attached hydrogens (tertiary/aromatic N) is 3. The molecule has 1 N–H and O–H groups in total. The molecule has 0 aromatic heterocycles. The van der Waals surface area contributed by atoms with Crippen molar-refractivity contribution in [3.8, 4) is 5.75 Å². The minimum absolute atomic E-state index is 0.0422. The molecule has 1 aliphatic heterocycles. The molecule has 0 unspecified atom stereocenters. The van der Waals surface area contributed by atoms with Crippen LogP contribution >= 0.6 is 0 Å². The molecule has 0 radical (unpaired) electrons. The quantitative estimate of drug-likeness (QED) is 0.116. The van der Waals surface area contributed by atoms with Crippen LogP contribution in [0.15, 0.2) is 78.4 Å². The molecule has 0 saturated carbocycles. The average Bonchev–Trinajstić information content (AvgIpc) is 3.22. The third-order valence-electron chi connectivity index (χ3n) is 7.21. The fraction of sp³-hybridized carbons (Fsp3) is 0.290. The van der Waals surface area contributed by atoms with Crippen molar-refractivity contribution in [2.45, 2.75) is 33.4 Å². The number of carbonyl (C=O) groups is 2. The highest BCUT2D eigenvalue weighted by Crippen LogP contribution is 2.40. The highest BCUT2D eigenvalue weighted by Gasteiger charge is 2.46. The molecule has 1 heterocycles. The second kappa shape index (κ2) is 12.6. The van der Waals surface area contributed by atoms with Crippen molar-refractivity contribution >= 4 is 23.1 Å². The molecule has 3 aromatic carbocycles. The Hall–Kier alpha value is -4.50. The van der Waals surface area contributed by atoms with Gasteiger partial charge in [0.1, 0.15) is 18.1 Å². The second-order valence-corrected chi connectivity index (χ2v) is 9.62. The molecule has 1 atom stereocenters. The summed E-state index contributed by atoms with van der Waals surface area (Å²) < 4.78 is 5.90. The number of likely N-dealkylation sites (tertiary alicyclic amines) is 1. The first kappa shape index (κ1) is 28.5. The summed E-state index contributed by atoms with van der Waals surface area (Å²) in [5, 5.41) is 22.7. The lowest BCUT2D eigenvalue weighted by Crippen LogP contribution is -2.38. The first-order chi connectivity index (χ1) is 19.2. The lowest BCUT2D eigenvalue weighted by atomic mass is 9.93. The summed E-state index contributed by atoms with van der Waals surface area (Å²) in [7, 11) is 0. The van der Waals surface area contributed by atoms with E-state index in [0.717, 1.165) is 18.7 Å². The van der Waals surface area contributed by atoms with Crippen molar-refractivity contribution in [1.29, 1.82) is 0 Å². The van der Waals surface area contributed by atoms with Gasteiger partial charge < -0.3 is 19.6 Å². The highest BCUT2D eigenvalue weighted by atomic mass is 16.6. The smallest absolute Gasteiger partial charge is 0.295 e. The Morgan fingerprint density at radius 1 is 1.02 bits per heavy atom. The van der Waals surface area contributed by atoms with Crippen LogP contribution in [0.1, 0.15) is 42.1 Å². The van der Waals surface area contributed by atoms with Gasteiger partial charge in [-0.15, -0.1) is 0 Å². The van der Waals surface area contributed by atoms with E-state index in [1.807, 2.05) is 44.2 Å². The number of aliphatic hydroxyl groups excluding tert-OH is 1. The number of nitro benzene ring substituents is 1. The Bertz CT molecular complexity index is 1410. The van der Waals surface area contributed by atoms with Gasteiger partial charge in [0, 0.05) is 30.8 Å². The van der Waals surface area contributed by atoms with Crippen LogP contribution < -0.4 is 4.74 Å². The summed E-state index contributed by atoms with van der Waals surface area (Å²) in [6.07, 6.45) is 0. The van der Waals surface area contributed by atoms with Crippen LogP contribution in [-0.4, -0.2) is 57.7 Å². The van der Waals surface area contributed by atoms with E-state index in [9.17, 15) is 24.8 Å². The van der Waals surface area contributed by atoms with Gasteiger partial charge in [-0.1, -0.05) is 44.2 Å². The second-order valence-electron chi connectivity index (χ2n) is 9.62. The SMILES string of the molecule is CCN(CC)CCN1C(=O)C(=O)C(=C(O)c2ccc(OCc3ccccc3)cc2C)[C@@H]1c1ccc([N+](=O)[O-])cc1. The Balaban J connectivity index is 1.71. The van der Waals surface area contributed by atoms with Gasteiger partial charge in [0.15, 0.2) is 0 Å². The molecule has 208 valence electrons. The number of hydrogen-bond acceptors (Lipinski definition) is 7. The summed E-state index contributed by atoms with van der Waals surface area (Å²) in [6, 6.07) is 19.7. The third-order valence-corrected chi connectivity index (χ3v) is 7.21.